The topological polar surface area (TPSA) is 127 Å². The van der Waals surface area contributed by atoms with Crippen LogP contribution in [-0.2, 0) is 19.2 Å². The highest BCUT2D eigenvalue weighted by Crippen LogP contribution is 2.35. The number of ether oxygens (including phenoxy) is 1. The molecule has 31 heavy (non-hydrogen) atoms. The van der Waals surface area contributed by atoms with Crippen molar-refractivity contribution in [1.29, 1.82) is 0 Å². The maximum absolute atomic E-state index is 12.7. The van der Waals surface area contributed by atoms with Crippen LogP contribution >= 0.6 is 0 Å². The van der Waals surface area contributed by atoms with Crippen LogP contribution in [0.5, 0.6) is 0 Å². The van der Waals surface area contributed by atoms with E-state index in [0.29, 0.717) is 11.4 Å². The first-order valence-corrected chi connectivity index (χ1v) is 9.65. The first kappa shape index (κ1) is 22.1. The summed E-state index contributed by atoms with van der Waals surface area (Å²) in [6, 6.07) is 7.90. The zero-order valence-electron chi connectivity index (χ0n) is 17.0. The highest BCUT2D eigenvalue weighted by atomic mass is 19.1. The number of carbonyl (C=O) groups excluding carboxylic acids is 2. The lowest BCUT2D eigenvalue weighted by atomic mass is 9.95. The first-order chi connectivity index (χ1) is 14.8. The average Bonchev–Trinajstić information content (AvgIpc) is 3.17. The maximum atomic E-state index is 12.7. The Balaban J connectivity index is 1.79. The van der Waals surface area contributed by atoms with Gasteiger partial charge in [-0.2, -0.15) is 0 Å². The van der Waals surface area contributed by atoms with Crippen molar-refractivity contribution in [3.63, 3.8) is 0 Å². The van der Waals surface area contributed by atoms with Gasteiger partial charge in [0, 0.05) is 17.5 Å². The fraction of sp³-hybridized carbons (Fsp3) is 0.381. The molecule has 0 bridgehead atoms. The summed E-state index contributed by atoms with van der Waals surface area (Å²) in [6.07, 6.45) is -0.152. The second-order valence-corrected chi connectivity index (χ2v) is 7.44. The number of hydrogen-bond acceptors (Lipinski definition) is 7. The minimum atomic E-state index is -1.55. The van der Waals surface area contributed by atoms with Gasteiger partial charge in [0.15, 0.2) is 5.78 Å². The molecule has 3 rings (SSSR count). The van der Waals surface area contributed by atoms with Gasteiger partial charge in [0.2, 0.25) is 0 Å². The number of Topliss-reactive ketones (excluding diaryl/α,β-unsaturated/α-hetero) is 1. The highest BCUT2D eigenvalue weighted by Gasteiger charge is 2.47. The van der Waals surface area contributed by atoms with Gasteiger partial charge in [-0.15, -0.1) is 0 Å². The van der Waals surface area contributed by atoms with E-state index < -0.39 is 42.8 Å². The molecule has 0 saturated heterocycles. The van der Waals surface area contributed by atoms with Gasteiger partial charge in [-0.05, 0) is 11.5 Å². The lowest BCUT2D eigenvalue weighted by molar-refractivity contribution is -0.211. The van der Waals surface area contributed by atoms with Crippen LogP contribution < -0.4 is 5.32 Å². The Morgan fingerprint density at radius 2 is 2.03 bits per heavy atom. The number of carbonyl (C=O) groups is 3. The van der Waals surface area contributed by atoms with Gasteiger partial charge in [-0.3, -0.25) is 14.6 Å². The predicted octanol–water partition coefficient (Wildman–Crippen LogP) is 2.82. The van der Waals surface area contributed by atoms with Crippen LogP contribution in [0.15, 0.2) is 41.7 Å². The number of ketones is 1. The molecule has 2 N–H and O–H groups in total. The van der Waals surface area contributed by atoms with Crippen LogP contribution in [0.25, 0.3) is 10.8 Å². The third-order valence-electron chi connectivity index (χ3n) is 5.01. The van der Waals surface area contributed by atoms with Crippen molar-refractivity contribution in [2.75, 3.05) is 6.67 Å². The number of fused-ring (bicyclic) bond motifs is 1. The van der Waals surface area contributed by atoms with Crippen molar-refractivity contribution in [1.82, 2.24) is 10.3 Å². The van der Waals surface area contributed by atoms with Crippen molar-refractivity contribution in [2.45, 2.75) is 38.5 Å². The van der Waals surface area contributed by atoms with Crippen molar-refractivity contribution < 1.29 is 33.5 Å². The number of aromatic nitrogens is 1. The smallest absolute Gasteiger partial charge is 0.411 e. The van der Waals surface area contributed by atoms with Crippen LogP contribution in [0, 0.1) is 5.92 Å². The monoisotopic (exact) mass is 431 g/mol. The van der Waals surface area contributed by atoms with Gasteiger partial charge in [0.25, 0.3) is 5.79 Å². The Hall–Kier alpha value is -3.56. The molecule has 1 aliphatic heterocycles. The minimum absolute atomic E-state index is 0.0831. The Labute approximate surface area is 177 Å². The summed E-state index contributed by atoms with van der Waals surface area (Å²) in [5.74, 6) is -4.29. The molecule has 0 unspecified atom stereocenters. The molecule has 1 aromatic carbocycles. The van der Waals surface area contributed by atoms with E-state index in [2.05, 4.69) is 15.5 Å². The van der Waals surface area contributed by atoms with E-state index in [1.807, 2.05) is 30.3 Å². The molecule has 0 saturated carbocycles. The summed E-state index contributed by atoms with van der Waals surface area (Å²) in [7, 11) is 0. The van der Waals surface area contributed by atoms with Crippen LogP contribution in [0.1, 0.15) is 32.4 Å². The Morgan fingerprint density at radius 3 is 2.71 bits per heavy atom. The van der Waals surface area contributed by atoms with Crippen molar-refractivity contribution >= 4 is 34.3 Å². The van der Waals surface area contributed by atoms with Crippen molar-refractivity contribution in [2.24, 2.45) is 11.1 Å². The van der Waals surface area contributed by atoms with Gasteiger partial charge in [-0.1, -0.05) is 43.3 Å². The molecular formula is C21H22FN3O6. The molecule has 2 atom stereocenters. The van der Waals surface area contributed by atoms with E-state index in [-0.39, 0.29) is 12.3 Å². The van der Waals surface area contributed by atoms with E-state index >= 15 is 0 Å². The van der Waals surface area contributed by atoms with E-state index in [0.717, 1.165) is 10.8 Å². The van der Waals surface area contributed by atoms with Gasteiger partial charge >= 0.3 is 12.1 Å². The molecule has 0 spiro atoms. The van der Waals surface area contributed by atoms with Gasteiger partial charge in [0.05, 0.1) is 18.5 Å². The molecule has 0 aliphatic carbocycles. The highest BCUT2D eigenvalue weighted by molar-refractivity contribution is 6.09. The number of hydrogen-bond donors (Lipinski definition) is 2. The fourth-order valence-corrected chi connectivity index (χ4v) is 3.23. The molecule has 10 heteroatoms. The van der Waals surface area contributed by atoms with Crippen molar-refractivity contribution in [3.05, 3.63) is 42.2 Å². The number of alkyl carbamates (subject to hydrolysis) is 1. The summed E-state index contributed by atoms with van der Waals surface area (Å²) in [6.45, 7) is 2.09. The molecule has 1 aromatic heterocycles. The molecule has 0 radical (unpaired) electrons. The summed E-state index contributed by atoms with van der Waals surface area (Å²) < 4.78 is 18.2. The average molecular weight is 431 g/mol. The predicted molar refractivity (Wildman–Crippen MR) is 108 cm³/mol. The molecule has 2 aromatic rings. The van der Waals surface area contributed by atoms with Gasteiger partial charge in [0.1, 0.15) is 18.4 Å². The molecule has 9 nitrogen and oxygen atoms in total. The lowest BCUT2D eigenvalue weighted by Crippen LogP contribution is -2.49. The van der Waals surface area contributed by atoms with E-state index in [1.54, 1.807) is 20.0 Å². The van der Waals surface area contributed by atoms with E-state index in [4.69, 9.17) is 14.7 Å². The number of aliphatic carboxylic acids is 1. The van der Waals surface area contributed by atoms with Crippen molar-refractivity contribution in [3.8, 4) is 0 Å². The largest absolute Gasteiger partial charge is 0.481 e. The maximum Gasteiger partial charge on any atom is 0.411 e. The number of carboxylic acids is 1. The van der Waals surface area contributed by atoms with Gasteiger partial charge in [-0.25, -0.2) is 9.18 Å². The molecule has 1 aliphatic rings. The first-order valence-electron chi connectivity index (χ1n) is 9.65. The second-order valence-electron chi connectivity index (χ2n) is 7.44. The summed E-state index contributed by atoms with van der Waals surface area (Å²) in [5.41, 5.74) is 1.06. The third kappa shape index (κ3) is 4.79. The SMILES string of the molecule is CC(C)[C@@]1(OC(=O)N[C@@H](CC(=O)O)C(=O)CF)CC(c2nccc3ccccc23)=NO1. The van der Waals surface area contributed by atoms with E-state index in [1.165, 1.54) is 0 Å². The zero-order valence-corrected chi connectivity index (χ0v) is 17.0. The number of nitrogens with one attached hydrogen (secondary N) is 1. The molecule has 2 heterocycles. The number of carboxylic acid groups (broad SMARTS) is 1. The summed E-state index contributed by atoms with van der Waals surface area (Å²) in [5, 5.41) is 16.9. The molecule has 0 fully saturated rings. The standard InChI is InChI=1S/C21H22FN3O6/c1-12(2)21(30-20(29)24-15(9-18(27)28)17(26)11-22)10-16(25-31-21)19-14-6-4-3-5-13(14)7-8-23-19/h3-8,12,15H,9-11H2,1-2H3,(H,24,29)(H,27,28)/t15-,21+/m0/s1. The van der Waals surface area contributed by atoms with E-state index in [9.17, 15) is 18.8 Å². The molecular weight excluding hydrogens is 409 g/mol. The summed E-state index contributed by atoms with van der Waals surface area (Å²) >= 11 is 0. The molecule has 1 amide bonds. The second kappa shape index (κ2) is 9.07. The summed E-state index contributed by atoms with van der Waals surface area (Å²) in [4.78, 5) is 44.9. The normalized spacial score (nSPS) is 18.9. The Morgan fingerprint density at radius 1 is 1.29 bits per heavy atom. The van der Waals surface area contributed by atoms with Gasteiger partial charge < -0.3 is 20.0 Å². The Kier molecular flexibility index (Phi) is 6.47. The fourth-order valence-electron chi connectivity index (χ4n) is 3.23. The number of halogens is 1. The molecule has 164 valence electrons. The number of nitrogens with zero attached hydrogens (tertiary/aromatic N) is 2. The number of alkyl halides is 1. The number of benzene rings is 1. The number of amides is 1. The third-order valence-corrected chi connectivity index (χ3v) is 5.01. The number of oxime groups is 1. The van der Waals surface area contributed by atoms with Crippen LogP contribution in [0.4, 0.5) is 9.18 Å². The lowest BCUT2D eigenvalue weighted by Gasteiger charge is -2.30. The van der Waals surface area contributed by atoms with Crippen LogP contribution in [0.3, 0.4) is 0 Å². The minimum Gasteiger partial charge on any atom is -0.481 e. The zero-order chi connectivity index (χ0) is 22.6. The number of pyridine rings is 1. The number of rotatable bonds is 8. The Bertz CT molecular complexity index is 1040. The quantitative estimate of drug-likeness (QED) is 0.658. The van der Waals surface area contributed by atoms with Crippen LogP contribution in [0.2, 0.25) is 0 Å². The van der Waals surface area contributed by atoms with Crippen LogP contribution in [-0.4, -0.2) is 52.2 Å².